The number of anilines is 1. The van der Waals surface area contributed by atoms with Crippen molar-refractivity contribution < 1.29 is 23.2 Å². The summed E-state index contributed by atoms with van der Waals surface area (Å²) in [6.07, 6.45) is 0.0637. The van der Waals surface area contributed by atoms with E-state index in [0.717, 1.165) is 10.8 Å². The van der Waals surface area contributed by atoms with E-state index < -0.39 is 23.7 Å². The fraction of sp³-hybridized carbons (Fsp3) is 0.400. The van der Waals surface area contributed by atoms with E-state index in [1.807, 2.05) is 24.3 Å². The lowest BCUT2D eigenvalue weighted by Gasteiger charge is -2.30. The molecule has 0 unspecified atom stereocenters. The van der Waals surface area contributed by atoms with Gasteiger partial charge in [0, 0.05) is 18.5 Å². The molecule has 0 saturated heterocycles. The van der Waals surface area contributed by atoms with Gasteiger partial charge in [0.05, 0.1) is 11.5 Å². The van der Waals surface area contributed by atoms with Gasteiger partial charge in [-0.2, -0.15) is 5.48 Å². The number of hydrogen-bond acceptors (Lipinski definition) is 4. The third kappa shape index (κ3) is 4.35. The lowest BCUT2D eigenvalue weighted by atomic mass is 9.79. The van der Waals surface area contributed by atoms with E-state index in [0.29, 0.717) is 0 Å². The number of amides is 1. The van der Waals surface area contributed by atoms with Gasteiger partial charge in [-0.25, -0.2) is 13.6 Å². The highest BCUT2D eigenvalue weighted by Crippen LogP contribution is 2.39. The number of alkyl halides is 2. The van der Waals surface area contributed by atoms with Crippen molar-refractivity contribution in [2.45, 2.75) is 38.5 Å². The number of benzene rings is 2. The summed E-state index contributed by atoms with van der Waals surface area (Å²) in [7, 11) is 0. The zero-order valence-corrected chi connectivity index (χ0v) is 15.0. The van der Waals surface area contributed by atoms with Crippen LogP contribution < -0.4 is 11.2 Å². The third-order valence-electron chi connectivity index (χ3n) is 5.25. The maximum atomic E-state index is 13.2. The molecular formula is C20H22F2N2O3. The average Bonchev–Trinajstić information content (AvgIpc) is 2.64. The molecule has 7 heteroatoms. The van der Waals surface area contributed by atoms with E-state index in [1.165, 1.54) is 0 Å². The Hall–Kier alpha value is -2.70. The fourth-order valence-corrected chi connectivity index (χ4v) is 3.45. The second kappa shape index (κ2) is 7.50. The van der Waals surface area contributed by atoms with Crippen molar-refractivity contribution in [2.24, 2.45) is 11.8 Å². The second-order valence-electron chi connectivity index (χ2n) is 7.12. The van der Waals surface area contributed by atoms with Gasteiger partial charge < -0.3 is 10.6 Å². The van der Waals surface area contributed by atoms with Crippen LogP contribution in [0.15, 0.2) is 36.4 Å². The standard InChI is InChI=1S/C20H22F2N2O3/c1-12(13-6-8-20(21,22)9-7-13)19(26)27-24-18(25)16-10-14-4-2-3-5-15(14)11-17(16)23/h2-5,10-13H,6-9,23H2,1H3,(H,24,25)/t12-/m0/s1. The fourth-order valence-electron chi connectivity index (χ4n) is 3.45. The quantitative estimate of drug-likeness (QED) is 0.625. The topological polar surface area (TPSA) is 81.4 Å². The molecule has 0 heterocycles. The van der Waals surface area contributed by atoms with Crippen molar-refractivity contribution in [3.05, 3.63) is 42.0 Å². The lowest BCUT2D eigenvalue weighted by Crippen LogP contribution is -2.35. The first-order valence-corrected chi connectivity index (χ1v) is 8.94. The monoisotopic (exact) mass is 376 g/mol. The highest BCUT2D eigenvalue weighted by molar-refractivity contribution is 6.03. The van der Waals surface area contributed by atoms with E-state index >= 15 is 0 Å². The summed E-state index contributed by atoms with van der Waals surface area (Å²) in [4.78, 5) is 29.4. The minimum absolute atomic E-state index is 0.181. The number of nitrogen functional groups attached to an aromatic ring is 1. The van der Waals surface area contributed by atoms with Crippen LogP contribution in [-0.4, -0.2) is 17.8 Å². The largest absolute Gasteiger partial charge is 0.398 e. The average molecular weight is 376 g/mol. The van der Waals surface area contributed by atoms with Crippen molar-refractivity contribution in [3.63, 3.8) is 0 Å². The summed E-state index contributed by atoms with van der Waals surface area (Å²) in [5, 5.41) is 1.73. The summed E-state index contributed by atoms with van der Waals surface area (Å²) in [6.45, 7) is 1.63. The van der Waals surface area contributed by atoms with E-state index in [9.17, 15) is 18.4 Å². The van der Waals surface area contributed by atoms with Gasteiger partial charge in [0.2, 0.25) is 5.92 Å². The Labute approximate surface area is 155 Å². The second-order valence-corrected chi connectivity index (χ2v) is 7.12. The Kier molecular flexibility index (Phi) is 5.30. The summed E-state index contributed by atoms with van der Waals surface area (Å²) < 4.78 is 26.5. The Balaban J connectivity index is 1.60. The van der Waals surface area contributed by atoms with Gasteiger partial charge in [0.1, 0.15) is 0 Å². The van der Waals surface area contributed by atoms with Gasteiger partial charge in [-0.15, -0.1) is 0 Å². The van der Waals surface area contributed by atoms with E-state index in [-0.39, 0.29) is 42.9 Å². The zero-order valence-electron chi connectivity index (χ0n) is 15.0. The van der Waals surface area contributed by atoms with Crippen molar-refractivity contribution in [1.29, 1.82) is 0 Å². The summed E-state index contributed by atoms with van der Waals surface area (Å²) >= 11 is 0. The Morgan fingerprint density at radius 3 is 2.41 bits per heavy atom. The van der Waals surface area contributed by atoms with Gasteiger partial charge >= 0.3 is 5.97 Å². The maximum Gasteiger partial charge on any atom is 0.335 e. The van der Waals surface area contributed by atoms with Gasteiger partial charge in [0.15, 0.2) is 0 Å². The predicted molar refractivity (Wildman–Crippen MR) is 98.0 cm³/mol. The zero-order chi connectivity index (χ0) is 19.6. The van der Waals surface area contributed by atoms with E-state index in [4.69, 9.17) is 10.6 Å². The van der Waals surface area contributed by atoms with Gasteiger partial charge in [0.25, 0.3) is 5.91 Å². The molecule has 5 nitrogen and oxygen atoms in total. The summed E-state index contributed by atoms with van der Waals surface area (Å²) in [5.41, 5.74) is 8.52. The molecule has 3 N–H and O–H groups in total. The van der Waals surface area contributed by atoms with Crippen molar-refractivity contribution >= 4 is 28.3 Å². The highest BCUT2D eigenvalue weighted by Gasteiger charge is 2.38. The van der Waals surface area contributed by atoms with E-state index in [2.05, 4.69) is 5.48 Å². The number of hydroxylamine groups is 1. The van der Waals surface area contributed by atoms with Crippen LogP contribution in [0.5, 0.6) is 0 Å². The molecule has 1 aliphatic rings. The third-order valence-corrected chi connectivity index (χ3v) is 5.25. The molecule has 2 aromatic rings. The molecule has 0 spiro atoms. The highest BCUT2D eigenvalue weighted by atomic mass is 19.3. The van der Waals surface area contributed by atoms with Crippen LogP contribution in [0.4, 0.5) is 14.5 Å². The number of rotatable bonds is 3. The molecule has 0 bridgehead atoms. The summed E-state index contributed by atoms with van der Waals surface area (Å²) in [6, 6.07) is 10.7. The number of nitrogens with one attached hydrogen (secondary N) is 1. The Morgan fingerprint density at radius 2 is 1.78 bits per heavy atom. The van der Waals surface area contributed by atoms with Gasteiger partial charge in [-0.05, 0) is 41.7 Å². The van der Waals surface area contributed by atoms with Gasteiger partial charge in [-0.1, -0.05) is 31.2 Å². The molecule has 1 amide bonds. The number of fused-ring (bicyclic) bond motifs is 1. The van der Waals surface area contributed by atoms with Crippen LogP contribution in [0.1, 0.15) is 43.0 Å². The number of nitrogens with two attached hydrogens (primary N) is 1. The molecule has 0 aliphatic heterocycles. The van der Waals surface area contributed by atoms with Crippen LogP contribution in [0.2, 0.25) is 0 Å². The first-order chi connectivity index (χ1) is 12.8. The van der Waals surface area contributed by atoms with Crippen LogP contribution in [0.3, 0.4) is 0 Å². The molecule has 144 valence electrons. The smallest absolute Gasteiger partial charge is 0.335 e. The predicted octanol–water partition coefficient (Wildman–Crippen LogP) is 4.07. The number of carbonyl (C=O) groups is 2. The number of carbonyl (C=O) groups excluding carboxylic acids is 2. The van der Waals surface area contributed by atoms with Crippen LogP contribution in [-0.2, 0) is 9.63 Å². The molecule has 0 radical (unpaired) electrons. The molecule has 1 saturated carbocycles. The molecule has 0 aromatic heterocycles. The SMILES string of the molecule is C[C@H](C(=O)ONC(=O)c1cc2ccccc2cc1N)C1CCC(F)(F)CC1. The molecule has 1 atom stereocenters. The molecular weight excluding hydrogens is 354 g/mol. The van der Waals surface area contributed by atoms with E-state index in [1.54, 1.807) is 19.1 Å². The molecule has 3 rings (SSSR count). The Bertz CT molecular complexity index is 859. The maximum absolute atomic E-state index is 13.2. The molecule has 1 fully saturated rings. The minimum Gasteiger partial charge on any atom is -0.398 e. The van der Waals surface area contributed by atoms with Crippen molar-refractivity contribution in [2.75, 3.05) is 5.73 Å². The van der Waals surface area contributed by atoms with Gasteiger partial charge in [-0.3, -0.25) is 4.79 Å². The molecule has 2 aromatic carbocycles. The Morgan fingerprint density at radius 1 is 1.19 bits per heavy atom. The number of hydrogen-bond donors (Lipinski definition) is 2. The van der Waals surface area contributed by atoms with Crippen LogP contribution in [0, 0.1) is 11.8 Å². The van der Waals surface area contributed by atoms with Crippen molar-refractivity contribution in [1.82, 2.24) is 5.48 Å². The number of halogens is 2. The first kappa shape index (κ1) is 19.1. The van der Waals surface area contributed by atoms with Crippen LogP contribution >= 0.6 is 0 Å². The molecule has 1 aliphatic carbocycles. The minimum atomic E-state index is -2.65. The molecule has 27 heavy (non-hydrogen) atoms. The lowest BCUT2D eigenvalue weighted by molar-refractivity contribution is -0.157. The normalized spacial score (nSPS) is 18.0. The van der Waals surface area contributed by atoms with Crippen LogP contribution in [0.25, 0.3) is 10.8 Å². The first-order valence-electron chi connectivity index (χ1n) is 8.94. The summed E-state index contributed by atoms with van der Waals surface area (Å²) in [5.74, 6) is -4.68. The van der Waals surface area contributed by atoms with Crippen molar-refractivity contribution in [3.8, 4) is 0 Å².